The zero-order valence-corrected chi connectivity index (χ0v) is 37.4. The average Bonchev–Trinajstić information content (AvgIpc) is 3.89. The first kappa shape index (κ1) is 44.7. The molecule has 0 radical (unpaired) electrons. The van der Waals surface area contributed by atoms with E-state index in [1.807, 2.05) is 71.4 Å². The van der Waals surface area contributed by atoms with Crippen LogP contribution in [0.3, 0.4) is 0 Å². The maximum absolute atomic E-state index is 12.0. The number of hydrogen-bond donors (Lipinski definition) is 3. The third-order valence-corrected chi connectivity index (χ3v) is 9.65. The summed E-state index contributed by atoms with van der Waals surface area (Å²) in [4.78, 5) is 81.4. The summed E-state index contributed by atoms with van der Waals surface area (Å²) < 4.78 is 5.98. The number of nitrogens with one attached hydrogen (secondary N) is 3. The molecule has 318 valence electrons. The normalized spacial score (nSPS) is 13.2. The van der Waals surface area contributed by atoms with Crippen molar-refractivity contribution in [2.45, 2.75) is 126 Å². The van der Waals surface area contributed by atoms with E-state index < -0.39 is 5.54 Å². The summed E-state index contributed by atoms with van der Waals surface area (Å²) in [5.74, 6) is 1.57. The fourth-order valence-corrected chi connectivity index (χ4v) is 6.74. The minimum atomic E-state index is -0.465. The predicted molar refractivity (Wildman–Crippen MR) is 237 cm³/mol. The van der Waals surface area contributed by atoms with Gasteiger partial charge < -0.3 is 28.7 Å². The van der Waals surface area contributed by atoms with Crippen molar-refractivity contribution in [1.29, 1.82) is 0 Å². The zero-order chi connectivity index (χ0) is 44.9. The number of carbonyl (C=O) groups is 2. The van der Waals surface area contributed by atoms with Crippen LogP contribution in [0, 0.1) is 20.8 Å². The lowest BCUT2D eigenvalue weighted by Gasteiger charge is -2.29. The smallest absolute Gasteiger partial charge is 0.275 e. The van der Waals surface area contributed by atoms with E-state index in [2.05, 4.69) is 92.2 Å². The number of amides is 2. The summed E-state index contributed by atoms with van der Waals surface area (Å²) in [5, 5.41) is 1.30. The van der Waals surface area contributed by atoms with E-state index in [9.17, 15) is 24.0 Å². The van der Waals surface area contributed by atoms with Gasteiger partial charge in [-0.1, -0.05) is 12.1 Å². The van der Waals surface area contributed by atoms with Crippen molar-refractivity contribution in [3.8, 4) is 0 Å². The fraction of sp³-hybridized carbons (Fsp3) is 0.422. The van der Waals surface area contributed by atoms with Gasteiger partial charge in [-0.05, 0) is 128 Å². The van der Waals surface area contributed by atoms with E-state index in [1.165, 1.54) is 4.90 Å². The maximum atomic E-state index is 12.0. The molecule has 0 atom stereocenters. The highest BCUT2D eigenvalue weighted by atomic mass is 16.2. The van der Waals surface area contributed by atoms with Gasteiger partial charge in [-0.3, -0.25) is 28.9 Å². The first-order chi connectivity index (χ1) is 27.6. The van der Waals surface area contributed by atoms with Gasteiger partial charge in [0.15, 0.2) is 0 Å². The number of aromatic amines is 3. The van der Waals surface area contributed by atoms with Gasteiger partial charge in [-0.25, -0.2) is 15.0 Å². The Bertz CT molecular complexity index is 2850. The van der Waals surface area contributed by atoms with Gasteiger partial charge in [-0.15, -0.1) is 0 Å². The molecule has 15 nitrogen and oxygen atoms in total. The van der Waals surface area contributed by atoms with Crippen LogP contribution in [0.15, 0.2) is 75.6 Å². The van der Waals surface area contributed by atoms with Gasteiger partial charge >= 0.3 is 0 Å². The molecule has 2 amide bonds. The van der Waals surface area contributed by atoms with Crippen LogP contribution in [0.1, 0.15) is 121 Å². The summed E-state index contributed by atoms with van der Waals surface area (Å²) in [6.07, 6.45) is 7.58. The molecule has 1 aliphatic heterocycles. The molecule has 6 aromatic heterocycles. The van der Waals surface area contributed by atoms with Gasteiger partial charge in [0, 0.05) is 46.9 Å². The van der Waals surface area contributed by atoms with Crippen LogP contribution in [-0.2, 0) is 16.6 Å². The Morgan fingerprint density at radius 1 is 0.483 bits per heavy atom. The van der Waals surface area contributed by atoms with Crippen molar-refractivity contribution in [2.75, 3.05) is 0 Å². The van der Waals surface area contributed by atoms with Crippen LogP contribution in [-0.4, -0.2) is 65.9 Å². The summed E-state index contributed by atoms with van der Waals surface area (Å²) in [6, 6.07) is 10.6. The van der Waals surface area contributed by atoms with E-state index in [0.717, 1.165) is 16.7 Å². The second-order valence-corrected chi connectivity index (χ2v) is 18.9. The molecular formula is C45H58N10O5. The van der Waals surface area contributed by atoms with Crippen molar-refractivity contribution < 1.29 is 9.59 Å². The molecule has 0 fully saturated rings. The summed E-state index contributed by atoms with van der Waals surface area (Å²) in [6.45, 7) is 29.7. The van der Waals surface area contributed by atoms with Crippen molar-refractivity contribution in [2.24, 2.45) is 0 Å². The van der Waals surface area contributed by atoms with E-state index in [-0.39, 0.29) is 45.1 Å². The van der Waals surface area contributed by atoms with Crippen molar-refractivity contribution in [1.82, 2.24) is 48.5 Å². The number of H-pyrrole nitrogens is 3. The number of aromatic nitrogens is 9. The van der Waals surface area contributed by atoms with Crippen LogP contribution in [0.5, 0.6) is 0 Å². The molecule has 0 saturated heterocycles. The first-order valence-electron chi connectivity index (χ1n) is 19.8. The van der Waals surface area contributed by atoms with Gasteiger partial charge in [0.25, 0.3) is 28.5 Å². The van der Waals surface area contributed by atoms with E-state index in [0.29, 0.717) is 44.9 Å². The lowest BCUT2D eigenvalue weighted by molar-refractivity contribution is 0.0507. The Morgan fingerprint density at radius 2 is 0.950 bits per heavy atom. The van der Waals surface area contributed by atoms with Crippen molar-refractivity contribution in [3.05, 3.63) is 121 Å². The van der Waals surface area contributed by atoms with Gasteiger partial charge in [0.1, 0.15) is 28.6 Å². The summed E-state index contributed by atoms with van der Waals surface area (Å²) >= 11 is 0. The Morgan fingerprint density at radius 3 is 1.45 bits per heavy atom. The van der Waals surface area contributed by atoms with Crippen molar-refractivity contribution >= 4 is 44.8 Å². The SMILES string of the molecule is CC(C)(C)N1C(=O)c2ccccc2C1=O.Cc1nc2c(ccn2C(C)(C)C)c(=O)[nH]1.Cc1nc2ccn(C(C)(C)C)c2c(=O)[nH]1.Cc1nc2cn(C(C)(C)C)cc2c(=O)[nH]1. The number of nitrogens with zero attached hydrogens (tertiary/aromatic N) is 7. The van der Waals surface area contributed by atoms with Crippen LogP contribution in [0.25, 0.3) is 33.0 Å². The van der Waals surface area contributed by atoms with Gasteiger partial charge in [-0.2, -0.15) is 0 Å². The first-order valence-corrected chi connectivity index (χ1v) is 19.8. The molecular weight excluding hydrogens is 761 g/mol. The number of fused-ring (bicyclic) bond motifs is 4. The van der Waals surface area contributed by atoms with Gasteiger partial charge in [0.05, 0.1) is 32.9 Å². The molecule has 15 heteroatoms. The second kappa shape index (κ2) is 16.0. The third-order valence-electron chi connectivity index (χ3n) is 9.65. The number of imide groups is 1. The minimum absolute atomic E-state index is 0.0267. The molecule has 0 aliphatic carbocycles. The molecule has 0 spiro atoms. The number of rotatable bonds is 0. The fourth-order valence-electron chi connectivity index (χ4n) is 6.74. The molecule has 0 bridgehead atoms. The highest BCUT2D eigenvalue weighted by molar-refractivity contribution is 6.21. The van der Waals surface area contributed by atoms with Crippen LogP contribution in [0.2, 0.25) is 0 Å². The molecule has 0 unspecified atom stereocenters. The lowest BCUT2D eigenvalue weighted by atomic mass is 10.1. The second-order valence-electron chi connectivity index (χ2n) is 18.9. The van der Waals surface area contributed by atoms with Gasteiger partial charge in [0.2, 0.25) is 0 Å². The van der Waals surface area contributed by atoms with Crippen LogP contribution < -0.4 is 16.7 Å². The highest BCUT2D eigenvalue weighted by Crippen LogP contribution is 2.29. The average molecular weight is 819 g/mol. The van der Waals surface area contributed by atoms with E-state index >= 15 is 0 Å². The number of carbonyl (C=O) groups excluding carboxylic acids is 2. The van der Waals surface area contributed by atoms with E-state index in [4.69, 9.17) is 0 Å². The lowest BCUT2D eigenvalue weighted by Crippen LogP contribution is -2.45. The Kier molecular flexibility index (Phi) is 11.9. The number of aryl methyl sites for hydroxylation is 3. The number of benzene rings is 1. The molecule has 60 heavy (non-hydrogen) atoms. The summed E-state index contributed by atoms with van der Waals surface area (Å²) in [5.41, 5.74) is 3.07. The molecule has 8 rings (SSSR count). The Hall–Kier alpha value is -6.38. The van der Waals surface area contributed by atoms with Crippen LogP contribution in [0.4, 0.5) is 0 Å². The van der Waals surface area contributed by atoms with E-state index in [1.54, 1.807) is 45.0 Å². The topological polar surface area (TPSA) is 189 Å². The molecule has 0 saturated carbocycles. The monoisotopic (exact) mass is 818 g/mol. The quantitative estimate of drug-likeness (QED) is 0.132. The van der Waals surface area contributed by atoms with Crippen LogP contribution >= 0.6 is 0 Å². The molecule has 7 heterocycles. The Labute approximate surface area is 348 Å². The summed E-state index contributed by atoms with van der Waals surface area (Å²) in [7, 11) is 0. The minimum Gasteiger partial charge on any atom is -0.346 e. The number of hydrogen-bond acceptors (Lipinski definition) is 8. The van der Waals surface area contributed by atoms with Crippen molar-refractivity contribution in [3.63, 3.8) is 0 Å². The standard InChI is InChI=1S/C12H13NO2.3C11H15N3O/c1-12(2,3)13-10(14)8-6-4-5-7-9(8)11(13)15;1-7-12-9-6-14(11(2,3)4)5-8(9)10(15)13-7;1-7-12-8-5-6-14(11(2,3)4)9(8)10(15)13-7;1-7-12-9-8(10(15)13-7)5-6-14(9)11(2,3)4/h4-7H,1-3H3;3*5-6H,1-4H3,(H,12,13,15). The molecule has 7 aromatic rings. The molecule has 1 aliphatic rings. The zero-order valence-electron chi connectivity index (χ0n) is 37.4. The maximum Gasteiger partial charge on any atom is 0.275 e. The highest BCUT2D eigenvalue weighted by Gasteiger charge is 2.41. The molecule has 3 N–H and O–H groups in total. The Balaban J connectivity index is 0.000000152. The third kappa shape index (κ3) is 9.40. The predicted octanol–water partition coefficient (Wildman–Crippen LogP) is 7.45. The molecule has 1 aromatic carbocycles. The largest absolute Gasteiger partial charge is 0.346 e.